The number of aromatic hydroxyl groups is 1. The van der Waals surface area contributed by atoms with Gasteiger partial charge in [0, 0.05) is 33.8 Å². The molecule has 1 aliphatic heterocycles. The van der Waals surface area contributed by atoms with Gasteiger partial charge in [0.1, 0.15) is 24.0 Å². The summed E-state index contributed by atoms with van der Waals surface area (Å²) in [6, 6.07) is 4.12. The van der Waals surface area contributed by atoms with Crippen molar-refractivity contribution in [2.45, 2.75) is 91.0 Å². The van der Waals surface area contributed by atoms with E-state index in [4.69, 9.17) is 37.6 Å². The Hall–Kier alpha value is -4.33. The van der Waals surface area contributed by atoms with E-state index in [-0.39, 0.29) is 29.1 Å². The molecule has 1 saturated heterocycles. The Bertz CT molecular complexity index is 1360. The molecule has 0 spiro atoms. The van der Waals surface area contributed by atoms with Gasteiger partial charge in [-0.15, -0.1) is 0 Å². The van der Waals surface area contributed by atoms with Crippen LogP contribution in [0.1, 0.15) is 60.3 Å². The lowest BCUT2D eigenvalue weighted by molar-refractivity contribution is -0.288. The van der Waals surface area contributed by atoms with Crippen molar-refractivity contribution in [3.63, 3.8) is 0 Å². The first-order valence-corrected chi connectivity index (χ1v) is 13.8. The first kappa shape index (κ1) is 33.2. The second-order valence-corrected chi connectivity index (χ2v) is 9.82. The molecule has 5 atom stereocenters. The Morgan fingerprint density at radius 3 is 2.14 bits per heavy atom. The topological polar surface area (TPSA) is 183 Å². The summed E-state index contributed by atoms with van der Waals surface area (Å²) in [5, 5.41) is 10.9. The Morgan fingerprint density at radius 1 is 0.860 bits per heavy atom. The van der Waals surface area contributed by atoms with E-state index in [1.54, 1.807) is 0 Å². The van der Waals surface area contributed by atoms with Gasteiger partial charge >= 0.3 is 29.5 Å². The zero-order chi connectivity index (χ0) is 31.7. The summed E-state index contributed by atoms with van der Waals surface area (Å²) in [7, 11) is 0. The summed E-state index contributed by atoms with van der Waals surface area (Å²) in [5.74, 6) is -3.70. The van der Waals surface area contributed by atoms with E-state index in [0.29, 0.717) is 6.42 Å². The van der Waals surface area contributed by atoms with Gasteiger partial charge in [0.15, 0.2) is 18.0 Å². The van der Waals surface area contributed by atoms with Gasteiger partial charge in [-0.3, -0.25) is 19.2 Å². The molecule has 0 aliphatic carbocycles. The molecule has 3 rings (SSSR count). The van der Waals surface area contributed by atoms with Crippen LogP contribution >= 0.6 is 0 Å². The number of unbranched alkanes of at least 4 members (excludes halogenated alkanes) is 3. The van der Waals surface area contributed by atoms with Crippen LogP contribution in [0.15, 0.2) is 27.4 Å². The molecule has 0 radical (unpaired) electrons. The van der Waals surface area contributed by atoms with Crippen LogP contribution in [-0.2, 0) is 42.9 Å². The fourth-order valence-electron chi connectivity index (χ4n) is 4.47. The summed E-state index contributed by atoms with van der Waals surface area (Å²) in [5.41, 5.74) is -0.950. The van der Waals surface area contributed by atoms with E-state index < -0.39 is 72.6 Å². The lowest BCUT2D eigenvalue weighted by atomic mass is 9.98. The molecule has 1 aromatic carbocycles. The molecule has 14 heteroatoms. The molecule has 0 amide bonds. The Morgan fingerprint density at radius 2 is 1.51 bits per heavy atom. The number of rotatable bonds is 13. The van der Waals surface area contributed by atoms with Crippen LogP contribution in [0, 0.1) is 0 Å². The van der Waals surface area contributed by atoms with Crippen LogP contribution in [0.5, 0.6) is 17.2 Å². The maximum Gasteiger partial charge on any atom is 0.383 e. The molecule has 0 bridgehead atoms. The SMILES string of the molecule is CCCCCCOc1c(O)c2ccc(O[C@@H]3O[C@H](COC(C)=O)[C@H](OC(C)=O)[C@H](OC(C)=O)[C@H]3OC(C)=O)cc2oc1=O. The quantitative estimate of drug-likeness (QED) is 0.151. The maximum atomic E-state index is 12.6. The number of benzene rings is 1. The van der Waals surface area contributed by atoms with Gasteiger partial charge in [-0.2, -0.15) is 0 Å². The molecule has 2 aromatic rings. The largest absolute Gasteiger partial charge is 0.504 e. The minimum absolute atomic E-state index is 0.0317. The van der Waals surface area contributed by atoms with Crippen LogP contribution in [0.3, 0.4) is 0 Å². The minimum atomic E-state index is -1.50. The molecule has 1 aromatic heterocycles. The van der Waals surface area contributed by atoms with Crippen LogP contribution in [0.25, 0.3) is 11.0 Å². The lowest BCUT2D eigenvalue weighted by Crippen LogP contribution is -2.63. The van der Waals surface area contributed by atoms with Gasteiger partial charge in [0.25, 0.3) is 0 Å². The van der Waals surface area contributed by atoms with E-state index >= 15 is 0 Å². The van der Waals surface area contributed by atoms with Gasteiger partial charge in [-0.1, -0.05) is 26.2 Å². The standard InChI is InChI=1S/C29H36O14/c1-6-7-8-9-12-36-25-23(34)20-11-10-19(13-21(20)42-28(25)35)41-29-27(40-18(5)33)26(39-17(4)32)24(38-16(3)31)22(43-29)14-37-15(2)30/h10-11,13,22,24,26-27,29,34H,6-9,12,14H2,1-5H3/t22-,24+,26+,27-,29-/m1/s1. The van der Waals surface area contributed by atoms with E-state index in [2.05, 4.69) is 6.92 Å². The van der Waals surface area contributed by atoms with Gasteiger partial charge < -0.3 is 42.7 Å². The second kappa shape index (κ2) is 15.2. The number of fused-ring (bicyclic) bond motifs is 1. The molecule has 236 valence electrons. The molecular weight excluding hydrogens is 572 g/mol. The average molecular weight is 609 g/mol. The minimum Gasteiger partial charge on any atom is -0.504 e. The van der Waals surface area contributed by atoms with Crippen molar-refractivity contribution in [1.82, 2.24) is 0 Å². The molecule has 0 saturated carbocycles. The van der Waals surface area contributed by atoms with Crippen molar-refractivity contribution in [1.29, 1.82) is 0 Å². The Balaban J connectivity index is 1.95. The molecule has 1 N–H and O–H groups in total. The summed E-state index contributed by atoms with van der Waals surface area (Å²) in [4.78, 5) is 60.1. The molecule has 1 fully saturated rings. The van der Waals surface area contributed by atoms with E-state index in [1.165, 1.54) is 18.2 Å². The number of carbonyl (C=O) groups excluding carboxylic acids is 4. The van der Waals surface area contributed by atoms with Crippen LogP contribution < -0.4 is 15.1 Å². The average Bonchev–Trinajstić information content (AvgIpc) is 2.91. The van der Waals surface area contributed by atoms with Crippen molar-refractivity contribution >= 4 is 34.8 Å². The van der Waals surface area contributed by atoms with Crippen molar-refractivity contribution in [2.75, 3.05) is 13.2 Å². The highest BCUT2D eigenvalue weighted by molar-refractivity contribution is 5.86. The molecular formula is C29H36O14. The van der Waals surface area contributed by atoms with Crippen LogP contribution in [-0.4, -0.2) is 72.9 Å². The Kier molecular flexibility index (Phi) is 11.8. The van der Waals surface area contributed by atoms with Crippen LogP contribution in [0.4, 0.5) is 0 Å². The molecule has 14 nitrogen and oxygen atoms in total. The van der Waals surface area contributed by atoms with E-state index in [0.717, 1.165) is 47.0 Å². The van der Waals surface area contributed by atoms with Gasteiger partial charge in [0.2, 0.25) is 18.1 Å². The molecule has 43 heavy (non-hydrogen) atoms. The number of hydrogen-bond donors (Lipinski definition) is 1. The molecule has 0 unspecified atom stereocenters. The zero-order valence-electron chi connectivity index (χ0n) is 24.6. The highest BCUT2D eigenvalue weighted by Gasteiger charge is 2.53. The van der Waals surface area contributed by atoms with Crippen molar-refractivity contribution < 1.29 is 61.9 Å². The first-order valence-electron chi connectivity index (χ1n) is 13.8. The van der Waals surface area contributed by atoms with Gasteiger partial charge in [0.05, 0.1) is 12.0 Å². The van der Waals surface area contributed by atoms with Crippen LogP contribution in [0.2, 0.25) is 0 Å². The normalized spacial score (nSPS) is 21.5. The van der Waals surface area contributed by atoms with Crippen molar-refractivity contribution in [3.05, 3.63) is 28.6 Å². The van der Waals surface area contributed by atoms with Gasteiger partial charge in [-0.25, -0.2) is 4.79 Å². The highest BCUT2D eigenvalue weighted by atomic mass is 16.7. The third kappa shape index (κ3) is 9.08. The summed E-state index contributed by atoms with van der Waals surface area (Å²) in [6.45, 7) is 6.34. The molecule has 2 heterocycles. The van der Waals surface area contributed by atoms with E-state index in [9.17, 15) is 29.1 Å². The maximum absolute atomic E-state index is 12.6. The number of ether oxygens (including phenoxy) is 7. The van der Waals surface area contributed by atoms with Crippen molar-refractivity contribution in [3.8, 4) is 17.2 Å². The fraction of sp³-hybridized carbons (Fsp3) is 0.552. The monoisotopic (exact) mass is 608 g/mol. The number of hydrogen-bond acceptors (Lipinski definition) is 14. The Labute approximate surface area is 247 Å². The number of esters is 4. The zero-order valence-corrected chi connectivity index (χ0v) is 24.6. The fourth-order valence-corrected chi connectivity index (χ4v) is 4.47. The summed E-state index contributed by atoms with van der Waals surface area (Å²) >= 11 is 0. The second-order valence-electron chi connectivity index (χ2n) is 9.82. The lowest BCUT2D eigenvalue weighted by Gasteiger charge is -2.43. The van der Waals surface area contributed by atoms with Gasteiger partial charge in [-0.05, 0) is 18.6 Å². The summed E-state index contributed by atoms with van der Waals surface area (Å²) < 4.78 is 43.9. The highest BCUT2D eigenvalue weighted by Crippen LogP contribution is 2.35. The predicted molar refractivity (Wildman–Crippen MR) is 146 cm³/mol. The molecule has 1 aliphatic rings. The predicted octanol–water partition coefficient (Wildman–Crippen LogP) is 2.92. The van der Waals surface area contributed by atoms with Crippen molar-refractivity contribution in [2.24, 2.45) is 0 Å². The number of carbonyl (C=O) groups is 4. The first-order chi connectivity index (χ1) is 20.4. The third-order valence-electron chi connectivity index (χ3n) is 6.26. The smallest absolute Gasteiger partial charge is 0.383 e. The van der Waals surface area contributed by atoms with E-state index in [1.807, 2.05) is 0 Å². The summed E-state index contributed by atoms with van der Waals surface area (Å²) in [6.07, 6.45) is -3.28. The third-order valence-corrected chi connectivity index (χ3v) is 6.26.